The Balaban J connectivity index is 2.67. The van der Waals surface area contributed by atoms with E-state index in [2.05, 4.69) is 69.6 Å². The molecule has 0 spiro atoms. The fourth-order valence-electron chi connectivity index (χ4n) is 2.76. The van der Waals surface area contributed by atoms with Gasteiger partial charge in [-0.3, -0.25) is 4.79 Å². The third kappa shape index (κ3) is 8.57. The summed E-state index contributed by atoms with van der Waals surface area (Å²) >= 11 is 0. The van der Waals surface area contributed by atoms with Crippen LogP contribution in [0.5, 0.6) is 0 Å². The Morgan fingerprint density at radius 2 is 1.96 bits per heavy atom. The highest BCUT2D eigenvalue weighted by Crippen LogP contribution is 2.11. The number of carbonyl (C=O) groups excluding carboxylic acids is 1. The zero-order valence-electron chi connectivity index (χ0n) is 17.3. The third-order valence-electron chi connectivity index (χ3n) is 4.51. The summed E-state index contributed by atoms with van der Waals surface area (Å²) in [5.74, 6) is -0.0921. The number of rotatable bonds is 10. The lowest BCUT2D eigenvalue weighted by Gasteiger charge is -2.05. The Bertz CT molecular complexity index is 753. The fraction of sp³-hybridized carbons (Fsp3) is 0.360. The van der Waals surface area contributed by atoms with Gasteiger partial charge in [-0.15, -0.1) is 5.73 Å². The van der Waals surface area contributed by atoms with E-state index in [4.69, 9.17) is 0 Å². The number of amides is 1. The van der Waals surface area contributed by atoms with E-state index in [0.29, 0.717) is 12.1 Å². The molecule has 0 aliphatic carbocycles. The van der Waals surface area contributed by atoms with Crippen molar-refractivity contribution in [3.8, 4) is 0 Å². The van der Waals surface area contributed by atoms with Gasteiger partial charge < -0.3 is 5.32 Å². The Kier molecular flexibility index (Phi) is 10.6. The van der Waals surface area contributed by atoms with Crippen LogP contribution in [-0.4, -0.2) is 12.5 Å². The zero-order valence-corrected chi connectivity index (χ0v) is 17.3. The topological polar surface area (TPSA) is 29.1 Å². The highest BCUT2D eigenvalue weighted by molar-refractivity contribution is 5.96. The van der Waals surface area contributed by atoms with E-state index in [0.717, 1.165) is 25.7 Å². The minimum absolute atomic E-state index is 0.0921. The van der Waals surface area contributed by atoms with Crippen molar-refractivity contribution in [2.24, 2.45) is 0 Å². The molecule has 0 radical (unpaired) electrons. The maximum absolute atomic E-state index is 12.3. The standard InChI is InChI=1S/C25H33NO/c1-6-12-23(25(27)26-18-11-13-22(7-2)8-3)14-9-10-15-24-19-20(4)16-17-21(24)5/h6,10,12-14,16-17,19H,1,7-8,11,15,18H2,2-5H3,(H,26,27). The molecule has 2 heteroatoms. The van der Waals surface area contributed by atoms with Gasteiger partial charge in [-0.05, 0) is 68.9 Å². The normalized spacial score (nSPS) is 10.6. The molecule has 1 amide bonds. The van der Waals surface area contributed by atoms with Crippen molar-refractivity contribution in [2.45, 2.75) is 53.4 Å². The van der Waals surface area contributed by atoms with Crippen LogP contribution in [0.3, 0.4) is 0 Å². The summed E-state index contributed by atoms with van der Waals surface area (Å²) in [7, 11) is 0. The van der Waals surface area contributed by atoms with Gasteiger partial charge >= 0.3 is 0 Å². The summed E-state index contributed by atoms with van der Waals surface area (Å²) in [4.78, 5) is 12.3. The summed E-state index contributed by atoms with van der Waals surface area (Å²) in [6.07, 6.45) is 13.0. The Hall–Kier alpha value is -2.57. The molecule has 0 atom stereocenters. The molecule has 0 fully saturated rings. The molecule has 1 aromatic carbocycles. The Morgan fingerprint density at radius 1 is 1.22 bits per heavy atom. The molecule has 1 N–H and O–H groups in total. The third-order valence-corrected chi connectivity index (χ3v) is 4.51. The van der Waals surface area contributed by atoms with Gasteiger partial charge in [-0.2, -0.15) is 0 Å². The van der Waals surface area contributed by atoms with Crippen LogP contribution in [0.1, 0.15) is 49.8 Å². The monoisotopic (exact) mass is 363 g/mol. The van der Waals surface area contributed by atoms with Crippen molar-refractivity contribution >= 4 is 5.91 Å². The highest BCUT2D eigenvalue weighted by Gasteiger charge is 2.04. The van der Waals surface area contributed by atoms with E-state index < -0.39 is 0 Å². The first-order chi connectivity index (χ1) is 13.0. The average Bonchev–Trinajstić information content (AvgIpc) is 2.66. The minimum Gasteiger partial charge on any atom is -0.352 e. The summed E-state index contributed by atoms with van der Waals surface area (Å²) in [5.41, 5.74) is 8.94. The maximum atomic E-state index is 12.3. The van der Waals surface area contributed by atoms with Gasteiger partial charge in [-0.25, -0.2) is 0 Å². The first-order valence-electron chi connectivity index (χ1n) is 9.77. The van der Waals surface area contributed by atoms with Crippen LogP contribution < -0.4 is 5.32 Å². The second-order valence-corrected chi connectivity index (χ2v) is 6.62. The van der Waals surface area contributed by atoms with Crippen LogP contribution in [0.2, 0.25) is 0 Å². The van der Waals surface area contributed by atoms with Crippen LogP contribution in [0, 0.1) is 13.8 Å². The molecule has 144 valence electrons. The molecule has 0 aliphatic heterocycles. The van der Waals surface area contributed by atoms with Gasteiger partial charge in [0.1, 0.15) is 0 Å². The predicted molar refractivity (Wildman–Crippen MR) is 117 cm³/mol. The maximum Gasteiger partial charge on any atom is 0.251 e. The van der Waals surface area contributed by atoms with Gasteiger partial charge in [0.15, 0.2) is 0 Å². The molecule has 0 heterocycles. The van der Waals surface area contributed by atoms with Crippen molar-refractivity contribution < 1.29 is 4.79 Å². The van der Waals surface area contributed by atoms with Gasteiger partial charge in [0.2, 0.25) is 0 Å². The van der Waals surface area contributed by atoms with Gasteiger partial charge in [0.25, 0.3) is 5.91 Å². The van der Waals surface area contributed by atoms with E-state index in [-0.39, 0.29) is 5.91 Å². The van der Waals surface area contributed by atoms with Crippen molar-refractivity contribution in [1.82, 2.24) is 5.32 Å². The Morgan fingerprint density at radius 3 is 2.63 bits per heavy atom. The van der Waals surface area contributed by atoms with E-state index in [1.165, 1.54) is 22.3 Å². The van der Waals surface area contributed by atoms with Gasteiger partial charge in [-0.1, -0.05) is 61.9 Å². The van der Waals surface area contributed by atoms with Gasteiger partial charge in [0.05, 0.1) is 0 Å². The van der Waals surface area contributed by atoms with Crippen LogP contribution in [-0.2, 0) is 11.2 Å². The largest absolute Gasteiger partial charge is 0.352 e. The molecule has 0 saturated carbocycles. The second kappa shape index (κ2) is 12.7. The molecule has 0 saturated heterocycles. The van der Waals surface area contributed by atoms with Crippen molar-refractivity contribution in [1.29, 1.82) is 0 Å². The first kappa shape index (κ1) is 22.5. The number of hydrogen-bond acceptors (Lipinski definition) is 1. The predicted octanol–water partition coefficient (Wildman–Crippen LogP) is 5.92. The highest BCUT2D eigenvalue weighted by atomic mass is 16.1. The zero-order chi connectivity index (χ0) is 20.1. The van der Waals surface area contributed by atoms with Crippen LogP contribution >= 0.6 is 0 Å². The Labute approximate surface area is 165 Å². The molecule has 2 nitrogen and oxygen atoms in total. The molecule has 0 unspecified atom stereocenters. The molecule has 1 rings (SSSR count). The number of nitrogens with one attached hydrogen (secondary N) is 1. The number of aryl methyl sites for hydroxylation is 2. The molecular formula is C25H33NO. The lowest BCUT2D eigenvalue weighted by Crippen LogP contribution is -2.25. The SMILES string of the molecule is C=CC=C(C=C=CCc1cc(C)ccc1C)C(=O)NCCC=C(CC)CC. The molecule has 0 aromatic heterocycles. The quantitative estimate of drug-likeness (QED) is 0.180. The van der Waals surface area contributed by atoms with E-state index in [1.807, 2.05) is 6.08 Å². The number of benzene rings is 1. The van der Waals surface area contributed by atoms with E-state index >= 15 is 0 Å². The summed E-state index contributed by atoms with van der Waals surface area (Å²) in [6.45, 7) is 12.9. The van der Waals surface area contributed by atoms with Crippen molar-refractivity contribution in [3.05, 3.63) is 88.7 Å². The average molecular weight is 364 g/mol. The smallest absolute Gasteiger partial charge is 0.251 e. The molecule has 0 bridgehead atoms. The van der Waals surface area contributed by atoms with Crippen molar-refractivity contribution in [2.75, 3.05) is 6.54 Å². The van der Waals surface area contributed by atoms with Crippen LogP contribution in [0.15, 0.2) is 72.0 Å². The minimum atomic E-state index is -0.0921. The number of carbonyl (C=O) groups is 1. The lowest BCUT2D eigenvalue weighted by atomic mass is 10.0. The first-order valence-corrected chi connectivity index (χ1v) is 9.77. The number of allylic oxidation sites excluding steroid dienone is 3. The summed E-state index contributed by atoms with van der Waals surface area (Å²) in [6, 6.07) is 6.44. The van der Waals surface area contributed by atoms with Gasteiger partial charge in [0, 0.05) is 12.1 Å². The second-order valence-electron chi connectivity index (χ2n) is 6.62. The molecular weight excluding hydrogens is 330 g/mol. The summed E-state index contributed by atoms with van der Waals surface area (Å²) in [5, 5.41) is 2.96. The molecule has 0 aliphatic rings. The van der Waals surface area contributed by atoms with Crippen LogP contribution in [0.25, 0.3) is 0 Å². The van der Waals surface area contributed by atoms with E-state index in [1.54, 1.807) is 18.2 Å². The fourth-order valence-corrected chi connectivity index (χ4v) is 2.76. The number of hydrogen-bond donors (Lipinski definition) is 1. The summed E-state index contributed by atoms with van der Waals surface area (Å²) < 4.78 is 0. The molecule has 1 aromatic rings. The van der Waals surface area contributed by atoms with E-state index in [9.17, 15) is 4.79 Å². The molecule has 27 heavy (non-hydrogen) atoms. The van der Waals surface area contributed by atoms with Crippen molar-refractivity contribution in [3.63, 3.8) is 0 Å². The van der Waals surface area contributed by atoms with Crippen LogP contribution in [0.4, 0.5) is 0 Å². The lowest BCUT2D eigenvalue weighted by molar-refractivity contribution is -0.117.